The molecule has 0 fully saturated rings. The van der Waals surface area contributed by atoms with Gasteiger partial charge in [0.2, 0.25) is 0 Å². The van der Waals surface area contributed by atoms with Crippen LogP contribution >= 0.6 is 0 Å². The van der Waals surface area contributed by atoms with Crippen molar-refractivity contribution in [3.63, 3.8) is 0 Å². The Bertz CT molecular complexity index is 877. The number of nitrogens with one attached hydrogen (secondary N) is 1. The van der Waals surface area contributed by atoms with Crippen molar-refractivity contribution in [1.82, 2.24) is 5.32 Å². The molecule has 0 bridgehead atoms. The lowest BCUT2D eigenvalue weighted by Crippen LogP contribution is -2.26. The number of carbonyl (C=O) groups excluding carboxylic acids is 1. The van der Waals surface area contributed by atoms with Crippen LogP contribution in [0.3, 0.4) is 0 Å². The molecule has 0 aliphatic rings. The summed E-state index contributed by atoms with van der Waals surface area (Å²) in [5.41, 5.74) is 1.51. The Morgan fingerprint density at radius 3 is 2.20 bits per heavy atom. The molecule has 0 aromatic heterocycles. The van der Waals surface area contributed by atoms with E-state index in [1.165, 1.54) is 12.8 Å². The SMILES string of the molecule is CCCCCCC(Oc1ccc(OCCCC(C)C)cc1)c1ccc(C(=O)NCCC(=O)O)cc1. The first-order valence-electron chi connectivity index (χ1n) is 12.9. The number of hydrogen-bond donors (Lipinski definition) is 2. The van der Waals surface area contributed by atoms with E-state index in [2.05, 4.69) is 26.1 Å². The molecule has 0 aliphatic carbocycles. The van der Waals surface area contributed by atoms with Crippen LogP contribution in [0, 0.1) is 5.92 Å². The molecule has 1 atom stereocenters. The molecule has 0 aliphatic heterocycles. The summed E-state index contributed by atoms with van der Waals surface area (Å²) >= 11 is 0. The molecule has 0 radical (unpaired) electrons. The average molecular weight is 484 g/mol. The highest BCUT2D eigenvalue weighted by Gasteiger charge is 2.15. The number of carboxylic acid groups (broad SMARTS) is 1. The molecule has 6 nitrogen and oxygen atoms in total. The Hall–Kier alpha value is -3.02. The van der Waals surface area contributed by atoms with E-state index in [0.717, 1.165) is 49.2 Å². The normalized spacial score (nSPS) is 11.8. The van der Waals surface area contributed by atoms with E-state index < -0.39 is 5.97 Å². The van der Waals surface area contributed by atoms with Crippen molar-refractivity contribution < 1.29 is 24.2 Å². The predicted molar refractivity (Wildman–Crippen MR) is 139 cm³/mol. The van der Waals surface area contributed by atoms with Crippen molar-refractivity contribution in [3.05, 3.63) is 59.7 Å². The van der Waals surface area contributed by atoms with Crippen LogP contribution in [0.4, 0.5) is 0 Å². The maximum absolute atomic E-state index is 12.3. The minimum atomic E-state index is -0.936. The lowest BCUT2D eigenvalue weighted by atomic mass is 10.0. The number of aliphatic carboxylic acids is 1. The van der Waals surface area contributed by atoms with Gasteiger partial charge in [-0.25, -0.2) is 0 Å². The van der Waals surface area contributed by atoms with Gasteiger partial charge < -0.3 is 19.9 Å². The Morgan fingerprint density at radius 2 is 1.57 bits per heavy atom. The standard InChI is InChI=1S/C29H41NO5/c1-4-5-6-7-10-27(23-11-13-24(14-12-23)29(33)30-20-19-28(31)32)35-26-17-15-25(16-18-26)34-21-8-9-22(2)3/h11-18,22,27H,4-10,19-21H2,1-3H3,(H,30,33)(H,31,32). The van der Waals surface area contributed by atoms with Crippen molar-refractivity contribution >= 4 is 11.9 Å². The maximum atomic E-state index is 12.3. The Labute approximate surface area is 210 Å². The van der Waals surface area contributed by atoms with Gasteiger partial charge in [-0.3, -0.25) is 9.59 Å². The van der Waals surface area contributed by atoms with Crippen LogP contribution in [0.1, 0.15) is 94.2 Å². The Morgan fingerprint density at radius 1 is 0.886 bits per heavy atom. The van der Waals surface area contributed by atoms with Crippen LogP contribution < -0.4 is 14.8 Å². The van der Waals surface area contributed by atoms with Crippen LogP contribution in [-0.4, -0.2) is 30.1 Å². The molecular formula is C29H41NO5. The summed E-state index contributed by atoms with van der Waals surface area (Å²) in [6.07, 6.45) is 7.47. The molecule has 2 rings (SSSR count). The Kier molecular flexibility index (Phi) is 12.7. The third kappa shape index (κ3) is 11.3. The molecule has 0 spiro atoms. The van der Waals surface area contributed by atoms with E-state index >= 15 is 0 Å². The minimum absolute atomic E-state index is 0.0979. The lowest BCUT2D eigenvalue weighted by molar-refractivity contribution is -0.136. The van der Waals surface area contributed by atoms with Gasteiger partial charge in [-0.05, 0) is 73.6 Å². The molecule has 1 unspecified atom stereocenters. The quantitative estimate of drug-likeness (QED) is 0.242. The van der Waals surface area contributed by atoms with Gasteiger partial charge in [-0.2, -0.15) is 0 Å². The van der Waals surface area contributed by atoms with Crippen LogP contribution in [0.15, 0.2) is 48.5 Å². The molecule has 2 aromatic rings. The summed E-state index contributed by atoms with van der Waals surface area (Å²) < 4.78 is 12.2. The summed E-state index contributed by atoms with van der Waals surface area (Å²) in [6, 6.07) is 15.2. The third-order valence-corrected chi connectivity index (χ3v) is 5.79. The van der Waals surface area contributed by atoms with Crippen LogP contribution in [0.5, 0.6) is 11.5 Å². The van der Waals surface area contributed by atoms with Gasteiger partial charge in [-0.15, -0.1) is 0 Å². The number of carbonyl (C=O) groups is 2. The summed E-state index contributed by atoms with van der Waals surface area (Å²) in [6.45, 7) is 7.46. The summed E-state index contributed by atoms with van der Waals surface area (Å²) in [5.74, 6) is 1.11. The summed E-state index contributed by atoms with van der Waals surface area (Å²) in [5, 5.41) is 11.4. The van der Waals surface area contributed by atoms with Gasteiger partial charge in [-0.1, -0.05) is 52.2 Å². The van der Waals surface area contributed by atoms with Crippen LogP contribution in [-0.2, 0) is 4.79 Å². The molecule has 2 N–H and O–H groups in total. The lowest BCUT2D eigenvalue weighted by Gasteiger charge is -2.20. The monoisotopic (exact) mass is 483 g/mol. The van der Waals surface area contributed by atoms with E-state index in [1.807, 2.05) is 36.4 Å². The van der Waals surface area contributed by atoms with Crippen molar-refractivity contribution in [2.24, 2.45) is 5.92 Å². The fraction of sp³-hybridized carbons (Fsp3) is 0.517. The van der Waals surface area contributed by atoms with E-state index in [9.17, 15) is 9.59 Å². The number of carboxylic acids is 1. The molecule has 192 valence electrons. The third-order valence-electron chi connectivity index (χ3n) is 5.79. The second kappa shape index (κ2) is 15.8. The largest absolute Gasteiger partial charge is 0.494 e. The average Bonchev–Trinajstić information content (AvgIpc) is 2.84. The number of unbranched alkanes of at least 4 members (excludes halogenated alkanes) is 3. The first-order chi connectivity index (χ1) is 16.9. The molecule has 0 heterocycles. The van der Waals surface area contributed by atoms with Gasteiger partial charge in [0.15, 0.2) is 0 Å². The predicted octanol–water partition coefficient (Wildman–Crippen LogP) is 6.80. The highest BCUT2D eigenvalue weighted by Crippen LogP contribution is 2.29. The fourth-order valence-electron chi connectivity index (χ4n) is 3.74. The van der Waals surface area contributed by atoms with E-state index in [1.54, 1.807) is 12.1 Å². The molecule has 0 saturated carbocycles. The number of amides is 1. The van der Waals surface area contributed by atoms with E-state index in [0.29, 0.717) is 18.1 Å². The molecule has 1 amide bonds. The topological polar surface area (TPSA) is 84.9 Å². The number of hydrogen-bond acceptors (Lipinski definition) is 4. The zero-order valence-corrected chi connectivity index (χ0v) is 21.4. The zero-order chi connectivity index (χ0) is 25.5. The summed E-state index contributed by atoms with van der Waals surface area (Å²) in [4.78, 5) is 22.9. The number of ether oxygens (including phenoxy) is 2. The first kappa shape index (κ1) is 28.2. The smallest absolute Gasteiger partial charge is 0.305 e. The number of rotatable bonds is 17. The van der Waals surface area contributed by atoms with Gasteiger partial charge in [0, 0.05) is 12.1 Å². The van der Waals surface area contributed by atoms with Crippen molar-refractivity contribution in [1.29, 1.82) is 0 Å². The Balaban J connectivity index is 1.99. The molecule has 6 heteroatoms. The van der Waals surface area contributed by atoms with E-state index in [-0.39, 0.29) is 25.0 Å². The van der Waals surface area contributed by atoms with Crippen molar-refractivity contribution in [2.75, 3.05) is 13.2 Å². The molecule has 35 heavy (non-hydrogen) atoms. The molecule has 2 aromatic carbocycles. The fourth-order valence-corrected chi connectivity index (χ4v) is 3.74. The second-order valence-electron chi connectivity index (χ2n) is 9.33. The second-order valence-corrected chi connectivity index (χ2v) is 9.33. The maximum Gasteiger partial charge on any atom is 0.305 e. The molecular weight excluding hydrogens is 442 g/mol. The van der Waals surface area contributed by atoms with Gasteiger partial charge in [0.05, 0.1) is 13.0 Å². The van der Waals surface area contributed by atoms with Gasteiger partial charge in [0.25, 0.3) is 5.91 Å². The molecule has 0 saturated heterocycles. The van der Waals surface area contributed by atoms with Crippen molar-refractivity contribution in [2.45, 2.75) is 78.2 Å². The zero-order valence-electron chi connectivity index (χ0n) is 21.4. The first-order valence-corrected chi connectivity index (χ1v) is 12.9. The highest BCUT2D eigenvalue weighted by molar-refractivity contribution is 5.94. The minimum Gasteiger partial charge on any atom is -0.494 e. The highest BCUT2D eigenvalue weighted by atomic mass is 16.5. The van der Waals surface area contributed by atoms with Gasteiger partial charge >= 0.3 is 5.97 Å². The van der Waals surface area contributed by atoms with Crippen LogP contribution in [0.2, 0.25) is 0 Å². The summed E-state index contributed by atoms with van der Waals surface area (Å²) in [7, 11) is 0. The number of benzene rings is 2. The van der Waals surface area contributed by atoms with Crippen molar-refractivity contribution in [3.8, 4) is 11.5 Å². The van der Waals surface area contributed by atoms with E-state index in [4.69, 9.17) is 14.6 Å². The van der Waals surface area contributed by atoms with Crippen LogP contribution in [0.25, 0.3) is 0 Å². The van der Waals surface area contributed by atoms with Gasteiger partial charge in [0.1, 0.15) is 17.6 Å².